The highest BCUT2D eigenvalue weighted by Crippen LogP contribution is 2.36. The van der Waals surface area contributed by atoms with Gasteiger partial charge >= 0.3 is 0 Å². The van der Waals surface area contributed by atoms with Crippen LogP contribution in [-0.4, -0.2) is 0 Å². The predicted octanol–water partition coefficient (Wildman–Crippen LogP) is 7.86. The maximum Gasteiger partial charge on any atom is 0.205 e. The summed E-state index contributed by atoms with van der Waals surface area (Å²) in [5.74, 6) is -7.53. The van der Waals surface area contributed by atoms with Gasteiger partial charge in [-0.15, -0.1) is 0 Å². The summed E-state index contributed by atoms with van der Waals surface area (Å²) in [6.07, 6.45) is 0.711. The van der Waals surface area contributed by atoms with Crippen LogP contribution in [0.1, 0.15) is 28.2 Å². The molecule has 0 fully saturated rings. The Bertz CT molecular complexity index is 1170. The summed E-state index contributed by atoms with van der Waals surface area (Å²) in [5, 5.41) is 0. The minimum Gasteiger partial charge on any atom is -0.451 e. The summed E-state index contributed by atoms with van der Waals surface area (Å²) < 4.78 is 61.8. The van der Waals surface area contributed by atoms with E-state index in [1.54, 1.807) is 12.1 Å². The molecule has 0 atom stereocenters. The molecular formula is C27H18F4O. The second-order valence-corrected chi connectivity index (χ2v) is 7.13. The molecule has 160 valence electrons. The largest absolute Gasteiger partial charge is 0.451 e. The zero-order valence-corrected chi connectivity index (χ0v) is 16.9. The molecule has 0 aliphatic rings. The van der Waals surface area contributed by atoms with E-state index in [0.717, 1.165) is 16.7 Å². The topological polar surface area (TPSA) is 9.23 Å². The van der Waals surface area contributed by atoms with E-state index in [0.29, 0.717) is 6.08 Å². The van der Waals surface area contributed by atoms with Gasteiger partial charge in [-0.2, -0.15) is 8.78 Å². The van der Waals surface area contributed by atoms with Gasteiger partial charge in [-0.3, -0.25) is 0 Å². The van der Waals surface area contributed by atoms with Crippen LogP contribution in [-0.2, 0) is 0 Å². The summed E-state index contributed by atoms with van der Waals surface area (Å²) in [6, 6.07) is 26.2. The molecule has 0 radical (unpaired) electrons. The Morgan fingerprint density at radius 2 is 1.03 bits per heavy atom. The van der Waals surface area contributed by atoms with Gasteiger partial charge < -0.3 is 4.74 Å². The van der Waals surface area contributed by atoms with Gasteiger partial charge in [-0.1, -0.05) is 85.5 Å². The second-order valence-electron chi connectivity index (χ2n) is 7.13. The standard InChI is InChI=1S/C27H18F4O/c1-2-21-23(28)25(30)27(26(31)24(21)29)32-20-15-13-19(14-16-20)22(17-9-5-3-6-10-17)18-11-7-4-8-12-18/h2-16,22H,1H2. The molecule has 4 rings (SSSR count). The van der Waals surface area contributed by atoms with Gasteiger partial charge in [0.25, 0.3) is 0 Å². The molecule has 0 spiro atoms. The van der Waals surface area contributed by atoms with Crippen molar-refractivity contribution < 1.29 is 22.3 Å². The van der Waals surface area contributed by atoms with Crippen molar-refractivity contribution in [3.8, 4) is 11.5 Å². The molecule has 4 aromatic rings. The first-order chi connectivity index (χ1) is 15.5. The van der Waals surface area contributed by atoms with Crippen LogP contribution in [0.3, 0.4) is 0 Å². The number of hydrogen-bond acceptors (Lipinski definition) is 1. The van der Waals surface area contributed by atoms with Crippen molar-refractivity contribution in [3.63, 3.8) is 0 Å². The van der Waals surface area contributed by atoms with Crippen molar-refractivity contribution >= 4 is 6.08 Å². The van der Waals surface area contributed by atoms with Crippen LogP contribution >= 0.6 is 0 Å². The van der Waals surface area contributed by atoms with Crippen LogP contribution < -0.4 is 4.74 Å². The van der Waals surface area contributed by atoms with Crippen molar-refractivity contribution in [1.82, 2.24) is 0 Å². The molecule has 4 aromatic carbocycles. The Morgan fingerprint density at radius 3 is 1.47 bits per heavy atom. The Hall–Kier alpha value is -3.86. The van der Waals surface area contributed by atoms with Crippen LogP contribution in [0.2, 0.25) is 0 Å². The first-order valence-corrected chi connectivity index (χ1v) is 9.87. The molecule has 0 saturated carbocycles. The van der Waals surface area contributed by atoms with E-state index in [2.05, 4.69) is 6.58 Å². The highest BCUT2D eigenvalue weighted by atomic mass is 19.2. The van der Waals surface area contributed by atoms with Gasteiger partial charge in [0.15, 0.2) is 11.6 Å². The third-order valence-corrected chi connectivity index (χ3v) is 5.16. The van der Waals surface area contributed by atoms with Crippen molar-refractivity contribution in [2.24, 2.45) is 0 Å². The molecule has 0 amide bonds. The smallest absolute Gasteiger partial charge is 0.205 e. The SMILES string of the molecule is C=Cc1c(F)c(F)c(Oc2ccc(C(c3ccccc3)c3ccccc3)cc2)c(F)c1F. The fourth-order valence-corrected chi connectivity index (χ4v) is 3.61. The highest BCUT2D eigenvalue weighted by Gasteiger charge is 2.26. The van der Waals surface area contributed by atoms with Crippen molar-refractivity contribution in [2.75, 3.05) is 0 Å². The molecule has 1 nitrogen and oxygen atoms in total. The summed E-state index contributed by atoms with van der Waals surface area (Å²) in [6.45, 7) is 3.17. The van der Waals surface area contributed by atoms with E-state index in [4.69, 9.17) is 4.74 Å². The highest BCUT2D eigenvalue weighted by molar-refractivity contribution is 5.53. The maximum atomic E-state index is 14.3. The molecule has 0 saturated heterocycles. The van der Waals surface area contributed by atoms with Gasteiger partial charge in [-0.25, -0.2) is 8.78 Å². The molecule has 5 heteroatoms. The van der Waals surface area contributed by atoms with E-state index in [1.807, 2.05) is 60.7 Å². The lowest BCUT2D eigenvalue weighted by molar-refractivity contribution is 0.365. The fourth-order valence-electron chi connectivity index (χ4n) is 3.61. The molecule has 0 aliphatic carbocycles. The quantitative estimate of drug-likeness (QED) is 0.171. The summed E-state index contributed by atoms with van der Waals surface area (Å²) in [4.78, 5) is 0. The molecular weight excluding hydrogens is 416 g/mol. The molecule has 0 N–H and O–H groups in total. The van der Waals surface area contributed by atoms with Crippen molar-refractivity contribution in [3.05, 3.63) is 137 Å². The van der Waals surface area contributed by atoms with Gasteiger partial charge in [0.1, 0.15) is 5.75 Å². The monoisotopic (exact) mass is 434 g/mol. The Labute approximate surface area is 183 Å². The van der Waals surface area contributed by atoms with Crippen LogP contribution in [0.5, 0.6) is 11.5 Å². The molecule has 0 aliphatic heterocycles. The fraction of sp³-hybridized carbons (Fsp3) is 0.0370. The lowest BCUT2D eigenvalue weighted by Crippen LogP contribution is -2.04. The first-order valence-electron chi connectivity index (χ1n) is 9.87. The first kappa shape index (κ1) is 21.4. The van der Waals surface area contributed by atoms with E-state index in [9.17, 15) is 17.6 Å². The summed E-state index contributed by atoms with van der Waals surface area (Å²) in [7, 11) is 0. The van der Waals surface area contributed by atoms with Gasteiger partial charge in [0.05, 0.1) is 5.56 Å². The molecule has 32 heavy (non-hydrogen) atoms. The minimum absolute atomic E-state index is 0.0385. The number of halogens is 4. The van der Waals surface area contributed by atoms with Gasteiger partial charge in [-0.05, 0) is 28.8 Å². The molecule has 0 heterocycles. The van der Waals surface area contributed by atoms with E-state index in [1.165, 1.54) is 12.1 Å². The predicted molar refractivity (Wildman–Crippen MR) is 117 cm³/mol. The average molecular weight is 434 g/mol. The third-order valence-electron chi connectivity index (χ3n) is 5.16. The van der Waals surface area contributed by atoms with E-state index in [-0.39, 0.29) is 11.7 Å². The minimum atomic E-state index is -1.62. The van der Waals surface area contributed by atoms with Crippen LogP contribution in [0.15, 0.2) is 91.5 Å². The van der Waals surface area contributed by atoms with E-state index < -0.39 is 34.6 Å². The lowest BCUT2D eigenvalue weighted by atomic mass is 9.85. The molecule has 0 aromatic heterocycles. The number of ether oxygens (including phenoxy) is 1. The Balaban J connectivity index is 1.70. The van der Waals surface area contributed by atoms with Crippen molar-refractivity contribution in [2.45, 2.75) is 5.92 Å². The van der Waals surface area contributed by atoms with Crippen LogP contribution in [0.4, 0.5) is 17.6 Å². The molecule has 0 bridgehead atoms. The van der Waals surface area contributed by atoms with Gasteiger partial charge in [0.2, 0.25) is 17.4 Å². The zero-order chi connectivity index (χ0) is 22.7. The Kier molecular flexibility index (Phi) is 6.08. The van der Waals surface area contributed by atoms with Crippen LogP contribution in [0.25, 0.3) is 6.08 Å². The summed E-state index contributed by atoms with van der Waals surface area (Å²) in [5.41, 5.74) is 2.16. The third kappa shape index (κ3) is 4.02. The summed E-state index contributed by atoms with van der Waals surface area (Å²) >= 11 is 0. The lowest BCUT2D eigenvalue weighted by Gasteiger charge is -2.19. The number of hydrogen-bond donors (Lipinski definition) is 0. The zero-order valence-electron chi connectivity index (χ0n) is 16.9. The number of rotatable bonds is 6. The van der Waals surface area contributed by atoms with Gasteiger partial charge in [0, 0.05) is 5.92 Å². The van der Waals surface area contributed by atoms with Crippen LogP contribution in [0, 0.1) is 23.3 Å². The normalized spacial score (nSPS) is 10.9. The Morgan fingerprint density at radius 1 is 0.594 bits per heavy atom. The second kappa shape index (κ2) is 9.10. The number of benzene rings is 4. The van der Waals surface area contributed by atoms with E-state index >= 15 is 0 Å². The van der Waals surface area contributed by atoms with Crippen molar-refractivity contribution in [1.29, 1.82) is 0 Å². The molecule has 0 unspecified atom stereocenters. The average Bonchev–Trinajstić information content (AvgIpc) is 2.83. The maximum absolute atomic E-state index is 14.3.